The van der Waals surface area contributed by atoms with Gasteiger partial charge >= 0.3 is 5.97 Å². The van der Waals surface area contributed by atoms with Crippen molar-refractivity contribution < 1.29 is 22.4 Å². The molecule has 0 aliphatic carbocycles. The van der Waals surface area contributed by atoms with E-state index in [1.165, 1.54) is 20.1 Å². The highest BCUT2D eigenvalue weighted by molar-refractivity contribution is 7.89. The van der Waals surface area contributed by atoms with Gasteiger partial charge in [0.15, 0.2) is 0 Å². The number of sulfonamides is 1. The van der Waals surface area contributed by atoms with Crippen molar-refractivity contribution in [2.45, 2.75) is 30.7 Å². The van der Waals surface area contributed by atoms with Crippen LogP contribution in [0.3, 0.4) is 0 Å². The van der Waals surface area contributed by atoms with Crippen LogP contribution in [0.25, 0.3) is 0 Å². The summed E-state index contributed by atoms with van der Waals surface area (Å²) in [5, 5.41) is 3.20. The fraction of sp³-hybridized carbons (Fsp3) is 0.583. The van der Waals surface area contributed by atoms with Gasteiger partial charge in [0.2, 0.25) is 15.8 Å². The summed E-state index contributed by atoms with van der Waals surface area (Å²) >= 11 is 0. The molecular weight excluding hydrogens is 284 g/mol. The van der Waals surface area contributed by atoms with Gasteiger partial charge in [-0.1, -0.05) is 0 Å². The van der Waals surface area contributed by atoms with Crippen molar-refractivity contribution >= 4 is 16.0 Å². The van der Waals surface area contributed by atoms with Crippen LogP contribution in [0.2, 0.25) is 0 Å². The Morgan fingerprint density at radius 1 is 1.60 bits per heavy atom. The number of hydrogen-bond acceptors (Lipinski definition) is 6. The number of nitrogens with one attached hydrogen (secondary N) is 2. The molecule has 20 heavy (non-hydrogen) atoms. The average Bonchev–Trinajstić information content (AvgIpc) is 3.05. The molecule has 0 amide bonds. The molecule has 1 aliphatic rings. The highest BCUT2D eigenvalue weighted by atomic mass is 32.2. The molecule has 0 radical (unpaired) electrons. The number of aryl methyl sites for hydroxylation is 1. The number of carbonyl (C=O) groups is 1. The van der Waals surface area contributed by atoms with Crippen LogP contribution in [-0.4, -0.2) is 40.6 Å². The van der Waals surface area contributed by atoms with Crippen LogP contribution in [0.15, 0.2) is 15.4 Å². The minimum Gasteiger partial charge on any atom is -0.463 e. The first-order valence-electron chi connectivity index (χ1n) is 6.36. The van der Waals surface area contributed by atoms with Crippen molar-refractivity contribution in [1.82, 2.24) is 10.0 Å². The maximum Gasteiger partial charge on any atom is 0.373 e. The predicted molar refractivity (Wildman–Crippen MR) is 71.0 cm³/mol. The molecule has 0 bridgehead atoms. The molecule has 2 N–H and O–H groups in total. The molecular formula is C12H18N2O5S. The van der Waals surface area contributed by atoms with Gasteiger partial charge in [-0.2, -0.15) is 0 Å². The normalized spacial score (nSPS) is 19.2. The largest absolute Gasteiger partial charge is 0.463 e. The molecule has 8 heteroatoms. The van der Waals surface area contributed by atoms with Crippen LogP contribution >= 0.6 is 0 Å². The van der Waals surface area contributed by atoms with Gasteiger partial charge in [0.25, 0.3) is 0 Å². The van der Waals surface area contributed by atoms with E-state index in [0.29, 0.717) is 6.54 Å². The molecule has 1 unspecified atom stereocenters. The quantitative estimate of drug-likeness (QED) is 0.764. The van der Waals surface area contributed by atoms with Gasteiger partial charge in [-0.15, -0.1) is 0 Å². The number of esters is 1. The number of furan rings is 1. The van der Waals surface area contributed by atoms with Crippen LogP contribution in [0.1, 0.15) is 29.2 Å². The third-order valence-corrected chi connectivity index (χ3v) is 4.76. The first-order chi connectivity index (χ1) is 9.44. The molecule has 0 spiro atoms. The molecule has 1 aromatic rings. The van der Waals surface area contributed by atoms with Gasteiger partial charge in [-0.3, -0.25) is 0 Å². The highest BCUT2D eigenvalue weighted by Crippen LogP contribution is 2.20. The second-order valence-corrected chi connectivity index (χ2v) is 6.40. The second-order valence-electron chi connectivity index (χ2n) is 4.67. The van der Waals surface area contributed by atoms with Gasteiger partial charge in [-0.25, -0.2) is 17.9 Å². The van der Waals surface area contributed by atoms with E-state index in [-0.39, 0.29) is 22.5 Å². The maximum atomic E-state index is 12.2. The summed E-state index contributed by atoms with van der Waals surface area (Å²) in [6, 6.07) is 1.34. The summed E-state index contributed by atoms with van der Waals surface area (Å²) in [7, 11) is -2.48. The number of ether oxygens (including phenoxy) is 1. The number of carbonyl (C=O) groups excluding carboxylic acids is 1. The third kappa shape index (κ3) is 3.20. The topological polar surface area (TPSA) is 97.6 Å². The summed E-state index contributed by atoms with van der Waals surface area (Å²) < 4.78 is 36.5. The molecule has 0 aromatic carbocycles. The monoisotopic (exact) mass is 302 g/mol. The molecule has 1 aromatic heterocycles. The van der Waals surface area contributed by atoms with E-state index < -0.39 is 16.0 Å². The molecule has 1 atom stereocenters. The summed E-state index contributed by atoms with van der Waals surface area (Å²) in [6.45, 7) is 2.72. The Hall–Kier alpha value is -1.38. The van der Waals surface area contributed by atoms with Crippen molar-refractivity contribution in [3.8, 4) is 0 Å². The van der Waals surface area contributed by atoms with E-state index >= 15 is 0 Å². The Morgan fingerprint density at radius 3 is 2.95 bits per heavy atom. The van der Waals surface area contributed by atoms with Crippen LogP contribution in [0, 0.1) is 6.92 Å². The maximum absolute atomic E-state index is 12.2. The Balaban J connectivity index is 2.12. The van der Waals surface area contributed by atoms with Crippen molar-refractivity contribution in [3.63, 3.8) is 0 Å². The Labute approximate surface area is 117 Å². The standard InChI is InChI=1S/C12H18N2O5S/c1-8-11(6-10(19-8)12(15)18-2)20(16,17)14-7-9-4-3-5-13-9/h6,9,13-14H,3-5,7H2,1-2H3. The first kappa shape index (κ1) is 15.0. The van der Waals surface area contributed by atoms with Gasteiger partial charge < -0.3 is 14.5 Å². The lowest BCUT2D eigenvalue weighted by atomic mass is 10.2. The van der Waals surface area contributed by atoms with Gasteiger partial charge in [0.1, 0.15) is 10.7 Å². The number of rotatable bonds is 5. The van der Waals surface area contributed by atoms with Crippen molar-refractivity contribution in [3.05, 3.63) is 17.6 Å². The van der Waals surface area contributed by atoms with E-state index in [9.17, 15) is 13.2 Å². The first-order valence-corrected chi connectivity index (χ1v) is 7.84. The summed E-state index contributed by atoms with van der Waals surface area (Å²) in [4.78, 5) is 11.3. The second kappa shape index (κ2) is 5.94. The Bertz CT molecular complexity index is 587. The zero-order chi connectivity index (χ0) is 14.8. The Kier molecular flexibility index (Phi) is 4.46. The molecule has 1 fully saturated rings. The van der Waals surface area contributed by atoms with Gasteiger partial charge in [0, 0.05) is 18.7 Å². The van der Waals surface area contributed by atoms with Crippen molar-refractivity contribution in [1.29, 1.82) is 0 Å². The lowest BCUT2D eigenvalue weighted by Crippen LogP contribution is -2.37. The van der Waals surface area contributed by atoms with Crippen LogP contribution in [-0.2, 0) is 14.8 Å². The fourth-order valence-electron chi connectivity index (χ4n) is 2.15. The Morgan fingerprint density at radius 2 is 2.35 bits per heavy atom. The fourth-order valence-corrected chi connectivity index (χ4v) is 3.41. The molecule has 2 heterocycles. The van der Waals surface area contributed by atoms with Crippen LogP contribution in [0.4, 0.5) is 0 Å². The summed E-state index contributed by atoms with van der Waals surface area (Å²) in [5.41, 5.74) is 0. The zero-order valence-corrected chi connectivity index (χ0v) is 12.2. The minimum atomic E-state index is -3.69. The van der Waals surface area contributed by atoms with E-state index in [0.717, 1.165) is 19.4 Å². The lowest BCUT2D eigenvalue weighted by molar-refractivity contribution is 0.0563. The van der Waals surface area contributed by atoms with Crippen LogP contribution < -0.4 is 10.0 Å². The number of methoxy groups -OCH3 is 1. The average molecular weight is 302 g/mol. The van der Waals surface area contributed by atoms with Gasteiger partial charge in [-0.05, 0) is 26.3 Å². The molecule has 2 rings (SSSR count). The van der Waals surface area contributed by atoms with E-state index in [2.05, 4.69) is 14.8 Å². The third-order valence-electron chi connectivity index (χ3n) is 3.23. The van der Waals surface area contributed by atoms with E-state index in [1.807, 2.05) is 0 Å². The molecule has 0 saturated carbocycles. The molecule has 1 saturated heterocycles. The number of hydrogen-bond donors (Lipinski definition) is 2. The molecule has 112 valence electrons. The van der Waals surface area contributed by atoms with Crippen molar-refractivity contribution in [2.24, 2.45) is 0 Å². The lowest BCUT2D eigenvalue weighted by Gasteiger charge is -2.11. The smallest absolute Gasteiger partial charge is 0.373 e. The van der Waals surface area contributed by atoms with Crippen molar-refractivity contribution in [2.75, 3.05) is 20.2 Å². The zero-order valence-electron chi connectivity index (χ0n) is 11.4. The predicted octanol–water partition coefficient (Wildman–Crippen LogP) is 0.405. The molecule has 7 nitrogen and oxygen atoms in total. The summed E-state index contributed by atoms with van der Waals surface area (Å²) in [6.07, 6.45) is 1.99. The van der Waals surface area contributed by atoms with Crippen LogP contribution in [0.5, 0.6) is 0 Å². The van der Waals surface area contributed by atoms with Gasteiger partial charge in [0.05, 0.1) is 7.11 Å². The van der Waals surface area contributed by atoms with E-state index in [4.69, 9.17) is 4.42 Å². The highest BCUT2D eigenvalue weighted by Gasteiger charge is 2.25. The summed E-state index contributed by atoms with van der Waals surface area (Å²) in [5.74, 6) is -0.659. The van der Waals surface area contributed by atoms with E-state index in [1.54, 1.807) is 0 Å². The minimum absolute atomic E-state index is 0.0316. The SMILES string of the molecule is COC(=O)c1cc(S(=O)(=O)NCC2CCCN2)c(C)o1. The molecule has 1 aliphatic heterocycles.